The molecule has 1 fully saturated rings. The summed E-state index contributed by atoms with van der Waals surface area (Å²) in [5.74, 6) is 0.816. The van der Waals surface area contributed by atoms with Crippen LogP contribution >= 0.6 is 0 Å². The molecule has 128 valence electrons. The lowest BCUT2D eigenvalue weighted by atomic mass is 10.2. The minimum absolute atomic E-state index is 0.0872. The van der Waals surface area contributed by atoms with Gasteiger partial charge in [-0.1, -0.05) is 12.1 Å². The van der Waals surface area contributed by atoms with Crippen LogP contribution in [0.2, 0.25) is 0 Å². The summed E-state index contributed by atoms with van der Waals surface area (Å²) < 4.78 is 51.6. The monoisotopic (exact) mass is 347 g/mol. The van der Waals surface area contributed by atoms with Crippen molar-refractivity contribution in [2.24, 2.45) is 4.99 Å². The highest BCUT2D eigenvalue weighted by Crippen LogP contribution is 2.16. The predicted octanol–water partition coefficient (Wildman–Crippen LogP) is 1.14. The molecule has 2 N–H and O–H groups in total. The van der Waals surface area contributed by atoms with Gasteiger partial charge in [-0.15, -0.1) is 0 Å². The van der Waals surface area contributed by atoms with Crippen molar-refractivity contribution in [1.82, 2.24) is 10.6 Å². The molecule has 0 radical (unpaired) electrons. The Bertz CT molecular complexity index is 665. The quantitative estimate of drug-likeness (QED) is 0.617. The number of ether oxygens (including phenoxy) is 1. The van der Waals surface area contributed by atoms with E-state index in [4.69, 9.17) is 0 Å². The van der Waals surface area contributed by atoms with Gasteiger partial charge >= 0.3 is 6.61 Å². The van der Waals surface area contributed by atoms with Gasteiger partial charge in [0, 0.05) is 19.6 Å². The minimum Gasteiger partial charge on any atom is -0.435 e. The molecule has 0 saturated carbocycles. The summed E-state index contributed by atoms with van der Waals surface area (Å²) in [6, 6.07) is 6.17. The highest BCUT2D eigenvalue weighted by atomic mass is 32.2. The fourth-order valence-corrected chi connectivity index (χ4v) is 3.99. The molecule has 0 aliphatic carbocycles. The largest absolute Gasteiger partial charge is 0.435 e. The number of benzene rings is 1. The molecule has 1 unspecified atom stereocenters. The minimum atomic E-state index is -2.97. The number of hydrogen-bond donors (Lipinski definition) is 2. The van der Waals surface area contributed by atoms with Gasteiger partial charge in [-0.25, -0.2) is 8.42 Å². The van der Waals surface area contributed by atoms with Crippen LogP contribution < -0.4 is 15.4 Å². The maximum absolute atomic E-state index is 12.2. The van der Waals surface area contributed by atoms with Crippen molar-refractivity contribution >= 4 is 15.8 Å². The van der Waals surface area contributed by atoms with Crippen LogP contribution in [0.25, 0.3) is 0 Å². The molecule has 0 bridgehead atoms. The molecular weight excluding hydrogens is 328 g/mol. The van der Waals surface area contributed by atoms with E-state index >= 15 is 0 Å². The molecule has 2 rings (SSSR count). The van der Waals surface area contributed by atoms with E-state index < -0.39 is 16.4 Å². The Labute approximate surface area is 133 Å². The van der Waals surface area contributed by atoms with Gasteiger partial charge in [0.2, 0.25) is 0 Å². The fraction of sp³-hybridized carbons (Fsp3) is 0.500. The molecule has 1 heterocycles. The topological polar surface area (TPSA) is 79.8 Å². The smallest absolute Gasteiger partial charge is 0.387 e. The van der Waals surface area contributed by atoms with Crippen molar-refractivity contribution in [3.63, 3.8) is 0 Å². The summed E-state index contributed by atoms with van der Waals surface area (Å²) in [4.78, 5) is 4.03. The number of rotatable bonds is 5. The SMILES string of the molecule is CN=C(NCc1cccc(OC(F)F)c1)NC1CCS(=O)(=O)C1. The van der Waals surface area contributed by atoms with E-state index in [1.54, 1.807) is 19.2 Å². The Morgan fingerprint density at radius 1 is 1.48 bits per heavy atom. The Balaban J connectivity index is 1.88. The number of guanidine groups is 1. The molecule has 0 aromatic heterocycles. The normalized spacial score (nSPS) is 20.5. The zero-order valence-corrected chi connectivity index (χ0v) is 13.4. The Hall–Kier alpha value is -1.90. The van der Waals surface area contributed by atoms with Crippen molar-refractivity contribution in [1.29, 1.82) is 0 Å². The van der Waals surface area contributed by atoms with Gasteiger partial charge in [0.1, 0.15) is 5.75 Å². The maximum Gasteiger partial charge on any atom is 0.387 e. The van der Waals surface area contributed by atoms with E-state index in [0.717, 1.165) is 5.56 Å². The van der Waals surface area contributed by atoms with E-state index in [0.29, 0.717) is 18.9 Å². The average molecular weight is 347 g/mol. The highest BCUT2D eigenvalue weighted by Gasteiger charge is 2.28. The lowest BCUT2D eigenvalue weighted by Gasteiger charge is -2.16. The molecule has 1 saturated heterocycles. The summed E-state index contributed by atoms with van der Waals surface area (Å²) in [6.45, 7) is -2.52. The third-order valence-electron chi connectivity index (χ3n) is 3.38. The van der Waals surface area contributed by atoms with E-state index in [1.807, 2.05) is 0 Å². The molecule has 23 heavy (non-hydrogen) atoms. The molecule has 0 amide bonds. The Morgan fingerprint density at radius 3 is 2.87 bits per heavy atom. The van der Waals surface area contributed by atoms with Gasteiger partial charge in [0.25, 0.3) is 0 Å². The van der Waals surface area contributed by atoms with Crippen LogP contribution in [-0.2, 0) is 16.4 Å². The van der Waals surface area contributed by atoms with Crippen molar-refractivity contribution in [2.45, 2.75) is 25.6 Å². The van der Waals surface area contributed by atoms with Crippen LogP contribution in [0.3, 0.4) is 0 Å². The van der Waals surface area contributed by atoms with Crippen LogP contribution in [-0.4, -0.2) is 45.6 Å². The molecular formula is C14H19F2N3O3S. The second kappa shape index (κ2) is 7.58. The molecule has 1 aliphatic rings. The van der Waals surface area contributed by atoms with Crippen molar-refractivity contribution < 1.29 is 21.9 Å². The second-order valence-corrected chi connectivity index (χ2v) is 7.42. The van der Waals surface area contributed by atoms with Gasteiger partial charge < -0.3 is 15.4 Å². The van der Waals surface area contributed by atoms with Gasteiger partial charge in [-0.2, -0.15) is 8.78 Å². The number of sulfone groups is 1. The van der Waals surface area contributed by atoms with E-state index in [2.05, 4.69) is 20.4 Å². The number of hydrogen-bond acceptors (Lipinski definition) is 4. The molecule has 1 atom stereocenters. The van der Waals surface area contributed by atoms with Gasteiger partial charge in [-0.05, 0) is 24.1 Å². The summed E-state index contributed by atoms with van der Waals surface area (Å²) in [6.07, 6.45) is 0.542. The summed E-state index contributed by atoms with van der Waals surface area (Å²) in [7, 11) is -1.39. The number of alkyl halides is 2. The molecule has 6 nitrogen and oxygen atoms in total. The van der Waals surface area contributed by atoms with Gasteiger partial charge in [0.15, 0.2) is 15.8 Å². The highest BCUT2D eigenvalue weighted by molar-refractivity contribution is 7.91. The number of halogens is 2. The van der Waals surface area contributed by atoms with E-state index in [9.17, 15) is 17.2 Å². The third-order valence-corrected chi connectivity index (χ3v) is 5.15. The first-order valence-corrected chi connectivity index (χ1v) is 8.91. The van der Waals surface area contributed by atoms with E-state index in [-0.39, 0.29) is 23.3 Å². The number of aliphatic imine (C=N–C) groups is 1. The van der Waals surface area contributed by atoms with Crippen molar-refractivity contribution in [3.8, 4) is 5.75 Å². The maximum atomic E-state index is 12.2. The zero-order valence-electron chi connectivity index (χ0n) is 12.6. The van der Waals surface area contributed by atoms with Gasteiger partial charge in [0.05, 0.1) is 11.5 Å². The lowest BCUT2D eigenvalue weighted by Crippen LogP contribution is -2.43. The van der Waals surface area contributed by atoms with Crippen LogP contribution in [0.5, 0.6) is 5.75 Å². The fourth-order valence-electron chi connectivity index (χ4n) is 2.31. The van der Waals surface area contributed by atoms with Crippen molar-refractivity contribution in [2.75, 3.05) is 18.6 Å². The molecule has 1 aromatic carbocycles. The van der Waals surface area contributed by atoms with Crippen LogP contribution in [0.15, 0.2) is 29.3 Å². The first-order valence-electron chi connectivity index (χ1n) is 7.09. The second-order valence-electron chi connectivity index (χ2n) is 5.20. The molecule has 1 aromatic rings. The lowest BCUT2D eigenvalue weighted by molar-refractivity contribution is -0.0498. The summed E-state index contributed by atoms with van der Waals surface area (Å²) in [5, 5.41) is 6.07. The molecule has 0 spiro atoms. The summed E-state index contributed by atoms with van der Waals surface area (Å²) >= 11 is 0. The molecule has 9 heteroatoms. The average Bonchev–Trinajstić information content (AvgIpc) is 2.82. The standard InChI is InChI=1S/C14H19F2N3O3S/c1-17-14(19-11-5-6-23(20,21)9-11)18-8-10-3-2-4-12(7-10)22-13(15)16/h2-4,7,11,13H,5-6,8-9H2,1H3,(H2,17,18,19). The molecule has 1 aliphatic heterocycles. The van der Waals surface area contributed by atoms with Crippen LogP contribution in [0.4, 0.5) is 8.78 Å². The first-order chi connectivity index (χ1) is 10.9. The summed E-state index contributed by atoms with van der Waals surface area (Å²) in [5.41, 5.74) is 0.741. The Kier molecular flexibility index (Phi) is 5.75. The number of nitrogens with zero attached hydrogens (tertiary/aromatic N) is 1. The Morgan fingerprint density at radius 2 is 2.26 bits per heavy atom. The first kappa shape index (κ1) is 17.5. The van der Waals surface area contributed by atoms with E-state index in [1.165, 1.54) is 12.1 Å². The van der Waals surface area contributed by atoms with Gasteiger partial charge in [-0.3, -0.25) is 4.99 Å². The van der Waals surface area contributed by atoms with Crippen LogP contribution in [0, 0.1) is 0 Å². The van der Waals surface area contributed by atoms with Crippen molar-refractivity contribution in [3.05, 3.63) is 29.8 Å². The third kappa shape index (κ3) is 5.66. The van der Waals surface area contributed by atoms with Crippen LogP contribution in [0.1, 0.15) is 12.0 Å². The predicted molar refractivity (Wildman–Crippen MR) is 83.5 cm³/mol. The zero-order chi connectivity index (χ0) is 16.9. The number of nitrogens with one attached hydrogen (secondary N) is 2.